The topological polar surface area (TPSA) is 51.0 Å². The van der Waals surface area contributed by atoms with Gasteiger partial charge in [0.1, 0.15) is 6.33 Å². The normalized spacial score (nSPS) is 10.9. The van der Waals surface area contributed by atoms with Crippen LogP contribution in [-0.2, 0) is 0 Å². The van der Waals surface area contributed by atoms with E-state index in [4.69, 9.17) is 0 Å². The van der Waals surface area contributed by atoms with Crippen LogP contribution in [0.15, 0.2) is 54.9 Å². The van der Waals surface area contributed by atoms with Gasteiger partial charge in [-0.1, -0.05) is 38.1 Å². The van der Waals surface area contributed by atoms with Crippen molar-refractivity contribution >= 4 is 11.6 Å². The van der Waals surface area contributed by atoms with Crippen LogP contribution >= 0.6 is 0 Å². The number of amides is 1. The number of benzene rings is 2. The molecule has 0 atom stereocenters. The maximum Gasteiger partial charge on any atom is 0.297 e. The summed E-state index contributed by atoms with van der Waals surface area (Å²) in [6.07, 6.45) is 1.57. The standard InChI is InChI=1S/C20H22N4O/c1-14(2)16-8-10-17(11-9-16)24-13-21-19(22-24)20(25)23(4)18-7-5-6-15(3)12-18/h5-14H,1-4H3. The van der Waals surface area contributed by atoms with E-state index in [0.717, 1.165) is 16.9 Å². The second-order valence-electron chi connectivity index (χ2n) is 6.46. The van der Waals surface area contributed by atoms with Gasteiger partial charge in [0.15, 0.2) is 0 Å². The highest BCUT2D eigenvalue weighted by Gasteiger charge is 2.18. The molecule has 1 heterocycles. The highest BCUT2D eigenvalue weighted by Crippen LogP contribution is 2.18. The van der Waals surface area contributed by atoms with Crippen molar-refractivity contribution in [2.45, 2.75) is 26.7 Å². The maximum absolute atomic E-state index is 12.6. The number of aryl methyl sites for hydroxylation is 1. The third kappa shape index (κ3) is 3.60. The van der Waals surface area contributed by atoms with Gasteiger partial charge in [0.2, 0.25) is 5.82 Å². The summed E-state index contributed by atoms with van der Waals surface area (Å²) in [5.41, 5.74) is 4.07. The van der Waals surface area contributed by atoms with E-state index in [0.29, 0.717) is 5.92 Å². The number of aromatic nitrogens is 3. The molecule has 1 amide bonds. The number of rotatable bonds is 4. The molecule has 0 aliphatic rings. The van der Waals surface area contributed by atoms with Crippen LogP contribution in [0, 0.1) is 6.92 Å². The van der Waals surface area contributed by atoms with Gasteiger partial charge in [-0.25, -0.2) is 9.67 Å². The SMILES string of the molecule is Cc1cccc(N(C)C(=O)c2ncn(-c3ccc(C(C)C)cc3)n2)c1. The third-order valence-corrected chi connectivity index (χ3v) is 4.20. The minimum Gasteiger partial charge on any atom is -0.309 e. The predicted molar refractivity (Wildman–Crippen MR) is 99.4 cm³/mol. The van der Waals surface area contributed by atoms with Gasteiger partial charge in [-0.15, -0.1) is 5.10 Å². The van der Waals surface area contributed by atoms with Crippen molar-refractivity contribution in [3.05, 3.63) is 71.8 Å². The highest BCUT2D eigenvalue weighted by molar-refractivity contribution is 6.03. The predicted octanol–water partition coefficient (Wildman–Crippen LogP) is 3.98. The molecule has 0 spiro atoms. The first-order chi connectivity index (χ1) is 12.0. The van der Waals surface area contributed by atoms with Gasteiger partial charge in [0.25, 0.3) is 5.91 Å². The summed E-state index contributed by atoms with van der Waals surface area (Å²) in [7, 11) is 1.73. The number of carbonyl (C=O) groups excluding carboxylic acids is 1. The molecule has 1 aromatic heterocycles. The molecule has 0 N–H and O–H groups in total. The first-order valence-corrected chi connectivity index (χ1v) is 8.32. The average Bonchev–Trinajstić information content (AvgIpc) is 3.10. The first-order valence-electron chi connectivity index (χ1n) is 8.32. The minimum absolute atomic E-state index is 0.178. The summed E-state index contributed by atoms with van der Waals surface area (Å²) >= 11 is 0. The lowest BCUT2D eigenvalue weighted by Crippen LogP contribution is -2.27. The summed E-state index contributed by atoms with van der Waals surface area (Å²) < 4.78 is 1.63. The van der Waals surface area contributed by atoms with Gasteiger partial charge in [-0.3, -0.25) is 4.79 Å². The van der Waals surface area contributed by atoms with E-state index in [9.17, 15) is 4.79 Å². The first kappa shape index (κ1) is 16.9. The molecule has 3 aromatic rings. The number of anilines is 1. The molecule has 3 rings (SSSR count). The molecule has 0 saturated carbocycles. The van der Waals surface area contributed by atoms with Crippen LogP contribution in [0.3, 0.4) is 0 Å². The quantitative estimate of drug-likeness (QED) is 0.725. The lowest BCUT2D eigenvalue weighted by Gasteiger charge is -2.15. The fourth-order valence-electron chi connectivity index (χ4n) is 2.60. The van der Waals surface area contributed by atoms with Crippen LogP contribution in [0.2, 0.25) is 0 Å². The Kier molecular flexibility index (Phi) is 4.65. The summed E-state index contributed by atoms with van der Waals surface area (Å²) in [5.74, 6) is 0.421. The molecule has 0 bridgehead atoms. The van der Waals surface area contributed by atoms with E-state index in [1.54, 1.807) is 23.0 Å². The Labute approximate surface area is 147 Å². The van der Waals surface area contributed by atoms with Gasteiger partial charge in [0.05, 0.1) is 5.69 Å². The number of nitrogens with zero attached hydrogens (tertiary/aromatic N) is 4. The summed E-state index contributed by atoms with van der Waals surface area (Å²) in [6, 6.07) is 15.9. The van der Waals surface area contributed by atoms with Gasteiger partial charge in [-0.05, 0) is 48.2 Å². The second-order valence-corrected chi connectivity index (χ2v) is 6.46. The van der Waals surface area contributed by atoms with Crippen LogP contribution < -0.4 is 4.90 Å². The number of hydrogen-bond acceptors (Lipinski definition) is 3. The molecule has 0 aliphatic carbocycles. The van der Waals surface area contributed by atoms with E-state index in [-0.39, 0.29) is 11.7 Å². The Morgan fingerprint density at radius 3 is 2.48 bits per heavy atom. The van der Waals surface area contributed by atoms with Crippen LogP contribution in [0.1, 0.15) is 41.5 Å². The summed E-state index contributed by atoms with van der Waals surface area (Å²) in [4.78, 5) is 18.4. The van der Waals surface area contributed by atoms with E-state index in [1.807, 2.05) is 43.3 Å². The molecule has 2 aromatic carbocycles. The van der Waals surface area contributed by atoms with E-state index < -0.39 is 0 Å². The van der Waals surface area contributed by atoms with Crippen molar-refractivity contribution in [1.82, 2.24) is 14.8 Å². The highest BCUT2D eigenvalue weighted by atomic mass is 16.2. The molecule has 0 fully saturated rings. The molecule has 0 aliphatic heterocycles. The van der Waals surface area contributed by atoms with E-state index >= 15 is 0 Å². The van der Waals surface area contributed by atoms with E-state index in [2.05, 4.69) is 36.1 Å². The van der Waals surface area contributed by atoms with Gasteiger partial charge in [-0.2, -0.15) is 0 Å². The zero-order valence-corrected chi connectivity index (χ0v) is 15.0. The van der Waals surface area contributed by atoms with Crippen molar-refractivity contribution in [3.63, 3.8) is 0 Å². The maximum atomic E-state index is 12.6. The molecule has 5 heteroatoms. The molecule has 0 radical (unpaired) electrons. The number of hydrogen-bond donors (Lipinski definition) is 0. The largest absolute Gasteiger partial charge is 0.309 e. The zero-order valence-electron chi connectivity index (χ0n) is 15.0. The van der Waals surface area contributed by atoms with Gasteiger partial charge in [0, 0.05) is 12.7 Å². The Hall–Kier alpha value is -2.95. The molecule has 128 valence electrons. The Morgan fingerprint density at radius 2 is 1.84 bits per heavy atom. The molecule has 5 nitrogen and oxygen atoms in total. The fraction of sp³-hybridized carbons (Fsp3) is 0.250. The molecule has 25 heavy (non-hydrogen) atoms. The van der Waals surface area contributed by atoms with Crippen molar-refractivity contribution in [2.24, 2.45) is 0 Å². The minimum atomic E-state index is -0.233. The molecular formula is C20H22N4O. The molecule has 0 saturated heterocycles. The molecule has 0 unspecified atom stereocenters. The van der Waals surface area contributed by atoms with Crippen LogP contribution in [0.25, 0.3) is 5.69 Å². The smallest absolute Gasteiger partial charge is 0.297 e. The number of carbonyl (C=O) groups is 1. The van der Waals surface area contributed by atoms with Gasteiger partial charge < -0.3 is 4.90 Å². The monoisotopic (exact) mass is 334 g/mol. The van der Waals surface area contributed by atoms with Crippen LogP contribution in [0.4, 0.5) is 5.69 Å². The average molecular weight is 334 g/mol. The Balaban J connectivity index is 1.81. The van der Waals surface area contributed by atoms with Crippen molar-refractivity contribution in [2.75, 3.05) is 11.9 Å². The van der Waals surface area contributed by atoms with Crippen molar-refractivity contribution in [3.8, 4) is 5.69 Å². The van der Waals surface area contributed by atoms with Gasteiger partial charge >= 0.3 is 0 Å². The van der Waals surface area contributed by atoms with Crippen molar-refractivity contribution in [1.29, 1.82) is 0 Å². The van der Waals surface area contributed by atoms with Crippen LogP contribution in [-0.4, -0.2) is 27.7 Å². The summed E-state index contributed by atoms with van der Waals surface area (Å²) in [6.45, 7) is 6.31. The fourth-order valence-corrected chi connectivity index (χ4v) is 2.60. The van der Waals surface area contributed by atoms with Crippen molar-refractivity contribution < 1.29 is 4.79 Å². The lowest BCUT2D eigenvalue weighted by atomic mass is 10.0. The summed E-state index contributed by atoms with van der Waals surface area (Å²) in [5, 5.41) is 4.34. The lowest BCUT2D eigenvalue weighted by molar-refractivity contribution is 0.0983. The zero-order chi connectivity index (χ0) is 18.0. The Morgan fingerprint density at radius 1 is 1.12 bits per heavy atom. The van der Waals surface area contributed by atoms with E-state index in [1.165, 1.54) is 5.56 Å². The molecular weight excluding hydrogens is 312 g/mol. The Bertz CT molecular complexity index is 881. The second kappa shape index (κ2) is 6.89. The van der Waals surface area contributed by atoms with Crippen LogP contribution in [0.5, 0.6) is 0 Å². The third-order valence-electron chi connectivity index (χ3n) is 4.20.